The predicted octanol–water partition coefficient (Wildman–Crippen LogP) is 11.7. The molecule has 306 valence electrons. The third-order valence-electron chi connectivity index (χ3n) is 14.8. The van der Waals surface area contributed by atoms with Crippen LogP contribution in [0, 0.1) is 41.5 Å². The summed E-state index contributed by atoms with van der Waals surface area (Å²) >= 11 is 0. The molecule has 3 heterocycles. The number of fused-ring (bicyclic) bond motifs is 8. The first-order valence-corrected chi connectivity index (χ1v) is 23.6. The fraction of sp³-hybridized carbons (Fsp3) is 0.276. The van der Waals surface area contributed by atoms with Crippen LogP contribution in [0.2, 0.25) is 0 Å². The van der Waals surface area contributed by atoms with Crippen LogP contribution < -0.4 is 37.1 Å². The van der Waals surface area contributed by atoms with E-state index in [0.29, 0.717) is 0 Å². The molecule has 62 heavy (non-hydrogen) atoms. The summed E-state index contributed by atoms with van der Waals surface area (Å²) in [6.45, 7) is 18.7. The number of anilines is 4. The van der Waals surface area contributed by atoms with Gasteiger partial charge in [0.05, 0.1) is 22.8 Å². The van der Waals surface area contributed by atoms with Gasteiger partial charge in [0.25, 0.3) is 0 Å². The Hall–Kier alpha value is -5.73. The number of allylic oxidation sites excluding steroid dienone is 2. The molecule has 1 aliphatic carbocycles. The quantitative estimate of drug-likeness (QED) is 0.141. The summed E-state index contributed by atoms with van der Waals surface area (Å²) in [5.41, 5.74) is 27.8. The number of rotatable bonds is 8. The van der Waals surface area contributed by atoms with Gasteiger partial charge in [0.15, 0.2) is 0 Å². The number of benzene rings is 7. The Kier molecular flexibility index (Phi) is 9.45. The molecule has 0 aromatic heterocycles. The van der Waals surface area contributed by atoms with Crippen molar-refractivity contribution in [2.45, 2.75) is 107 Å². The minimum absolute atomic E-state index is 0.0997. The van der Waals surface area contributed by atoms with E-state index in [9.17, 15) is 0 Å². The zero-order valence-electron chi connectivity index (χ0n) is 38.1. The highest BCUT2D eigenvalue weighted by Gasteiger charge is 2.49. The van der Waals surface area contributed by atoms with Gasteiger partial charge in [-0.2, -0.15) is 0 Å². The average Bonchev–Trinajstić information content (AvgIpc) is 3.25. The van der Waals surface area contributed by atoms with E-state index >= 15 is 0 Å². The van der Waals surface area contributed by atoms with Gasteiger partial charge in [-0.25, -0.2) is 0 Å². The van der Waals surface area contributed by atoms with Crippen LogP contribution in [-0.2, 0) is 12.8 Å². The van der Waals surface area contributed by atoms with Crippen molar-refractivity contribution >= 4 is 85.0 Å². The molecule has 0 saturated heterocycles. The molecule has 0 bridgehead atoms. The predicted molar refractivity (Wildman–Crippen MR) is 271 cm³/mol. The third-order valence-corrected chi connectivity index (χ3v) is 14.8. The van der Waals surface area contributed by atoms with Crippen molar-refractivity contribution in [3.05, 3.63) is 171 Å². The molecular formula is C58H58B2N2. The SMILES string of the molecule is CCCCc1ccc2cc3c(cc2c1)B(c1c(C)cc(C)cc1C)C1=C2C(=CCC1)N1c4cc5ccc(CCCC)cc5cc4B(c4c(C)cc(C)cc4C)c4cccc(c41)N23. The van der Waals surface area contributed by atoms with E-state index in [1.54, 1.807) is 5.47 Å². The zero-order valence-corrected chi connectivity index (χ0v) is 38.1. The van der Waals surface area contributed by atoms with Crippen molar-refractivity contribution in [2.75, 3.05) is 9.80 Å². The Balaban J connectivity index is 1.22. The molecule has 0 N–H and O–H groups in total. The van der Waals surface area contributed by atoms with Crippen LogP contribution in [0.15, 0.2) is 126 Å². The van der Waals surface area contributed by atoms with E-state index in [-0.39, 0.29) is 13.4 Å². The Morgan fingerprint density at radius 3 is 1.60 bits per heavy atom. The van der Waals surface area contributed by atoms with Gasteiger partial charge in [0.1, 0.15) is 0 Å². The molecule has 3 aliphatic heterocycles. The van der Waals surface area contributed by atoms with E-state index in [2.05, 4.69) is 174 Å². The summed E-state index contributed by atoms with van der Waals surface area (Å²) in [6, 6.07) is 41.6. The number of hydrogen-bond donors (Lipinski definition) is 0. The number of hydrogen-bond acceptors (Lipinski definition) is 2. The van der Waals surface area contributed by atoms with E-state index in [1.165, 1.54) is 153 Å². The molecule has 2 nitrogen and oxygen atoms in total. The average molecular weight is 805 g/mol. The maximum Gasteiger partial charge on any atom is 0.247 e. The van der Waals surface area contributed by atoms with E-state index in [0.717, 1.165) is 25.7 Å². The largest absolute Gasteiger partial charge is 0.308 e. The normalized spacial score (nSPS) is 14.9. The summed E-state index contributed by atoms with van der Waals surface area (Å²) in [6.07, 6.45) is 11.7. The van der Waals surface area contributed by atoms with Crippen LogP contribution in [0.3, 0.4) is 0 Å². The smallest absolute Gasteiger partial charge is 0.247 e. The Morgan fingerprint density at radius 2 is 1.03 bits per heavy atom. The van der Waals surface area contributed by atoms with E-state index < -0.39 is 0 Å². The molecule has 0 atom stereocenters. The molecule has 4 heteroatoms. The standard InChI is InChI=1S/C58H58B2N2/c1-9-11-15-41-21-23-43-33-53-49(31-45(43)29-41)59(55-37(5)25-35(3)26-38(55)6)47-17-13-20-52-57(47)61(53)51-19-14-18-48-58(51)62(52)54-34-44-24-22-42(16-12-10-2)30-46(44)32-50(54)60(48)56-39(7)27-36(4)28-40(56)8/h13,17,19-34H,9-12,14-16,18H2,1-8H3. The minimum atomic E-state index is 0.0997. The summed E-state index contributed by atoms with van der Waals surface area (Å²) in [5, 5.41) is 5.34. The lowest BCUT2D eigenvalue weighted by atomic mass is 9.32. The molecule has 7 aromatic carbocycles. The molecule has 0 spiro atoms. The molecule has 0 unspecified atom stereocenters. The summed E-state index contributed by atoms with van der Waals surface area (Å²) in [4.78, 5) is 5.42. The summed E-state index contributed by atoms with van der Waals surface area (Å²) < 4.78 is 0. The van der Waals surface area contributed by atoms with Crippen molar-refractivity contribution in [3.63, 3.8) is 0 Å². The van der Waals surface area contributed by atoms with Gasteiger partial charge in [-0.05, 0) is 147 Å². The lowest BCUT2D eigenvalue weighted by Gasteiger charge is -2.52. The van der Waals surface area contributed by atoms with Gasteiger partial charge < -0.3 is 9.80 Å². The van der Waals surface area contributed by atoms with Crippen molar-refractivity contribution < 1.29 is 0 Å². The van der Waals surface area contributed by atoms with Gasteiger partial charge >= 0.3 is 0 Å². The van der Waals surface area contributed by atoms with Crippen molar-refractivity contribution in [1.82, 2.24) is 0 Å². The second kappa shape index (κ2) is 15.0. The van der Waals surface area contributed by atoms with Gasteiger partial charge in [0, 0.05) is 11.4 Å². The second-order valence-corrected chi connectivity index (χ2v) is 19.3. The van der Waals surface area contributed by atoms with Crippen molar-refractivity contribution in [2.24, 2.45) is 0 Å². The van der Waals surface area contributed by atoms with E-state index in [1.807, 2.05) is 0 Å². The Bertz CT molecular complexity index is 3050. The van der Waals surface area contributed by atoms with Gasteiger partial charge in [-0.15, -0.1) is 0 Å². The highest BCUT2D eigenvalue weighted by molar-refractivity contribution is 6.99. The number of aryl methyl sites for hydroxylation is 8. The summed E-state index contributed by atoms with van der Waals surface area (Å²) in [7, 11) is 0. The Labute approximate surface area is 370 Å². The van der Waals surface area contributed by atoms with Crippen molar-refractivity contribution in [1.29, 1.82) is 0 Å². The second-order valence-electron chi connectivity index (χ2n) is 19.3. The first-order valence-electron chi connectivity index (χ1n) is 23.6. The monoisotopic (exact) mass is 804 g/mol. The first-order chi connectivity index (χ1) is 30.1. The van der Waals surface area contributed by atoms with Gasteiger partial charge in [0.2, 0.25) is 13.4 Å². The molecule has 4 aliphatic rings. The van der Waals surface area contributed by atoms with Crippen LogP contribution in [0.4, 0.5) is 22.7 Å². The lowest BCUT2D eigenvalue weighted by molar-refractivity contribution is 0.796. The van der Waals surface area contributed by atoms with Crippen LogP contribution in [-0.4, -0.2) is 13.4 Å². The van der Waals surface area contributed by atoms with Gasteiger partial charge in [-0.3, -0.25) is 0 Å². The Morgan fingerprint density at radius 1 is 0.500 bits per heavy atom. The topological polar surface area (TPSA) is 6.48 Å². The first kappa shape index (κ1) is 39.1. The highest BCUT2D eigenvalue weighted by Crippen LogP contribution is 2.54. The molecule has 0 radical (unpaired) electrons. The molecular weight excluding hydrogens is 746 g/mol. The maximum absolute atomic E-state index is 2.71. The minimum Gasteiger partial charge on any atom is -0.308 e. The third kappa shape index (κ3) is 6.00. The molecule has 7 aromatic rings. The van der Waals surface area contributed by atoms with Crippen LogP contribution in [0.1, 0.15) is 96.9 Å². The summed E-state index contributed by atoms with van der Waals surface area (Å²) in [5.74, 6) is 0. The molecule has 0 fully saturated rings. The lowest BCUT2D eigenvalue weighted by Crippen LogP contribution is -2.61. The van der Waals surface area contributed by atoms with Crippen LogP contribution >= 0.6 is 0 Å². The van der Waals surface area contributed by atoms with Crippen molar-refractivity contribution in [3.8, 4) is 0 Å². The number of nitrogens with zero attached hydrogens (tertiary/aromatic N) is 2. The maximum atomic E-state index is 2.71. The van der Waals surface area contributed by atoms with E-state index in [4.69, 9.17) is 0 Å². The molecule has 0 saturated carbocycles. The fourth-order valence-corrected chi connectivity index (χ4v) is 12.3. The van der Waals surface area contributed by atoms with Crippen LogP contribution in [0.25, 0.3) is 21.5 Å². The zero-order chi connectivity index (χ0) is 42.6. The molecule has 11 rings (SSSR count). The number of unbranched alkanes of at least 4 members (excludes halogenated alkanes) is 2. The highest BCUT2D eigenvalue weighted by atomic mass is 15.3. The van der Waals surface area contributed by atoms with Crippen LogP contribution in [0.5, 0.6) is 0 Å². The van der Waals surface area contributed by atoms with Gasteiger partial charge in [-0.1, -0.05) is 167 Å². The fourth-order valence-electron chi connectivity index (χ4n) is 12.3. The molecule has 0 amide bonds. The number of para-hydroxylation sites is 1.